The van der Waals surface area contributed by atoms with Gasteiger partial charge in [0.2, 0.25) is 0 Å². The van der Waals surface area contributed by atoms with Gasteiger partial charge in [0, 0.05) is 19.3 Å². The minimum atomic E-state index is -4.65. The summed E-state index contributed by atoms with van der Waals surface area (Å²) in [5, 5.41) is 0. The zero-order chi connectivity index (χ0) is 42.3. The average molecular weight is 828 g/mol. The Morgan fingerprint density at radius 3 is 1.54 bits per heavy atom. The maximum Gasteiger partial charge on any atom is 0.306 e. The van der Waals surface area contributed by atoms with Crippen LogP contribution in [0.3, 0.4) is 0 Å². The summed E-state index contributed by atoms with van der Waals surface area (Å²) in [5.74, 6) is -0.794. The molecule has 0 rings (SSSR count). The van der Waals surface area contributed by atoms with E-state index in [1.165, 1.54) is 103 Å². The van der Waals surface area contributed by atoms with Gasteiger partial charge >= 0.3 is 11.9 Å². The molecule has 11 heteroatoms. The smallest absolute Gasteiger partial charge is 0.306 e. The summed E-state index contributed by atoms with van der Waals surface area (Å²) < 4.78 is 33.8. The van der Waals surface area contributed by atoms with Crippen LogP contribution in [0, 0.1) is 0 Å². The number of allylic oxidation sites excluding steroid dienone is 4. The number of nitrogens with zero attached hydrogens (tertiary/aromatic N) is 1. The molecule has 0 saturated heterocycles. The highest BCUT2D eigenvalue weighted by Crippen LogP contribution is 2.38. The van der Waals surface area contributed by atoms with Crippen LogP contribution in [0.25, 0.3) is 0 Å². The lowest BCUT2D eigenvalue weighted by Gasteiger charge is -2.28. The predicted octanol–water partition coefficient (Wildman–Crippen LogP) is 11.7. The van der Waals surface area contributed by atoms with Gasteiger partial charge in [0.25, 0.3) is 7.82 Å². The summed E-state index contributed by atoms with van der Waals surface area (Å²) in [6.07, 6.45) is 37.3. The van der Waals surface area contributed by atoms with Crippen molar-refractivity contribution in [1.29, 1.82) is 0 Å². The number of ketones is 1. The maximum atomic E-state index is 12.7. The summed E-state index contributed by atoms with van der Waals surface area (Å²) in [4.78, 5) is 49.6. The number of quaternary nitrogens is 1. The summed E-state index contributed by atoms with van der Waals surface area (Å²) in [5.41, 5.74) is 0. The molecule has 0 aliphatic rings. The molecule has 0 radical (unpaired) electrons. The van der Waals surface area contributed by atoms with Crippen LogP contribution in [0.1, 0.15) is 200 Å². The van der Waals surface area contributed by atoms with Gasteiger partial charge in [-0.2, -0.15) is 0 Å². The summed E-state index contributed by atoms with van der Waals surface area (Å²) in [7, 11) is 1.10. The van der Waals surface area contributed by atoms with Crippen molar-refractivity contribution >= 4 is 25.5 Å². The van der Waals surface area contributed by atoms with Gasteiger partial charge in [-0.25, -0.2) is 0 Å². The Morgan fingerprint density at radius 2 is 1.04 bits per heavy atom. The van der Waals surface area contributed by atoms with Gasteiger partial charge in [0.1, 0.15) is 19.8 Å². The highest BCUT2D eigenvalue weighted by molar-refractivity contribution is 7.45. The quantitative estimate of drug-likeness (QED) is 0.0147. The van der Waals surface area contributed by atoms with Crippen molar-refractivity contribution in [3.8, 4) is 0 Å². The fraction of sp³-hybridized carbons (Fsp3) is 0.848. The van der Waals surface area contributed by atoms with Crippen molar-refractivity contribution in [1.82, 2.24) is 0 Å². The molecule has 334 valence electrons. The monoisotopic (exact) mass is 828 g/mol. The Hall–Kier alpha value is -1.84. The first-order valence-corrected chi connectivity index (χ1v) is 24.5. The van der Waals surface area contributed by atoms with Gasteiger partial charge in [-0.3, -0.25) is 18.9 Å². The number of likely N-dealkylation sites (N-methyl/N-ethyl adjacent to an activating group) is 1. The number of esters is 2. The van der Waals surface area contributed by atoms with Crippen LogP contribution in [-0.2, 0) is 37.5 Å². The largest absolute Gasteiger partial charge is 0.756 e. The summed E-state index contributed by atoms with van der Waals surface area (Å²) >= 11 is 0. The standard InChI is InChI=1S/C46H86NO9P/c1-6-8-10-12-14-15-16-17-18-19-20-21-22-23-25-29-34-38-46(50)56-44(42-55-57(51,52)54-40-39-47(3,4)5)41-53-45(49)37-33-30-26-28-32-36-43(48)35-31-27-24-13-11-9-7-2/h24,27,31,35,44H,6-23,25-26,28-30,32-34,36-42H2,1-5H3/b27-24-,35-31+/t44-/m1/s1. The number of hydrogen-bond donors (Lipinski definition) is 0. The molecule has 0 saturated carbocycles. The highest BCUT2D eigenvalue weighted by Gasteiger charge is 2.21. The Bertz CT molecular complexity index is 1090. The van der Waals surface area contributed by atoms with Crippen molar-refractivity contribution in [3.63, 3.8) is 0 Å². The van der Waals surface area contributed by atoms with Gasteiger partial charge in [-0.05, 0) is 38.2 Å². The second-order valence-corrected chi connectivity index (χ2v) is 18.2. The van der Waals surface area contributed by atoms with E-state index in [-0.39, 0.29) is 31.8 Å². The lowest BCUT2D eigenvalue weighted by molar-refractivity contribution is -0.870. The third-order valence-corrected chi connectivity index (χ3v) is 10.9. The molecular weight excluding hydrogens is 741 g/mol. The van der Waals surface area contributed by atoms with E-state index in [0.29, 0.717) is 30.3 Å². The molecule has 0 bridgehead atoms. The van der Waals surface area contributed by atoms with Gasteiger partial charge in [0.05, 0.1) is 27.7 Å². The van der Waals surface area contributed by atoms with E-state index in [1.54, 1.807) is 6.08 Å². The Balaban J connectivity index is 4.39. The number of ether oxygens (including phenoxy) is 2. The molecule has 0 amide bonds. The first kappa shape index (κ1) is 55.2. The van der Waals surface area contributed by atoms with Crippen LogP contribution in [0.4, 0.5) is 0 Å². The number of carbonyl (C=O) groups excluding carboxylic acids is 3. The third kappa shape index (κ3) is 42.1. The van der Waals surface area contributed by atoms with E-state index in [1.807, 2.05) is 33.3 Å². The number of rotatable bonds is 42. The van der Waals surface area contributed by atoms with Crippen molar-refractivity contribution < 1.29 is 46.8 Å². The van der Waals surface area contributed by atoms with E-state index >= 15 is 0 Å². The van der Waals surface area contributed by atoms with Crippen LogP contribution in [0.15, 0.2) is 24.3 Å². The number of hydrogen-bond acceptors (Lipinski definition) is 9. The van der Waals surface area contributed by atoms with Crippen molar-refractivity contribution in [3.05, 3.63) is 24.3 Å². The zero-order valence-corrected chi connectivity index (χ0v) is 38.2. The molecule has 0 aromatic carbocycles. The Kier molecular flexibility index (Phi) is 37.1. The number of carbonyl (C=O) groups is 3. The lowest BCUT2D eigenvalue weighted by atomic mass is 10.0. The topological polar surface area (TPSA) is 128 Å². The Morgan fingerprint density at radius 1 is 0.579 bits per heavy atom. The maximum absolute atomic E-state index is 12.7. The molecular formula is C46H86NO9P. The first-order chi connectivity index (χ1) is 27.4. The molecule has 0 fully saturated rings. The number of phosphoric acid groups is 1. The van der Waals surface area contributed by atoms with Gasteiger partial charge in [-0.1, -0.05) is 167 Å². The molecule has 0 aromatic heterocycles. The lowest BCUT2D eigenvalue weighted by Crippen LogP contribution is -2.37. The molecule has 0 aliphatic carbocycles. The summed E-state index contributed by atoms with van der Waals surface area (Å²) in [6.45, 7) is 4.06. The molecule has 2 atom stereocenters. The van der Waals surface area contributed by atoms with Crippen LogP contribution in [0.5, 0.6) is 0 Å². The molecule has 0 spiro atoms. The Labute approximate surface area is 349 Å². The van der Waals surface area contributed by atoms with E-state index < -0.39 is 32.5 Å². The van der Waals surface area contributed by atoms with Crippen molar-refractivity contribution in [2.24, 2.45) is 0 Å². The van der Waals surface area contributed by atoms with E-state index in [2.05, 4.69) is 19.9 Å². The molecule has 0 aliphatic heterocycles. The fourth-order valence-corrected chi connectivity index (χ4v) is 7.01. The second-order valence-electron chi connectivity index (χ2n) is 16.8. The number of phosphoric ester groups is 1. The first-order valence-electron chi connectivity index (χ1n) is 23.0. The SMILES string of the molecule is CCCCC/C=C\C=C\C(=O)CCCCCCCC(=O)OC[C@H](COP(=O)([O-])OCC[N+](C)(C)C)OC(=O)CCCCCCCCCCCCCCCCCCC. The van der Waals surface area contributed by atoms with Crippen molar-refractivity contribution in [2.75, 3.05) is 47.5 Å². The van der Waals surface area contributed by atoms with Crippen LogP contribution in [0.2, 0.25) is 0 Å². The fourth-order valence-electron chi connectivity index (χ4n) is 6.28. The molecule has 0 N–H and O–H groups in total. The van der Waals surface area contributed by atoms with E-state index in [4.69, 9.17) is 18.5 Å². The molecule has 57 heavy (non-hydrogen) atoms. The van der Waals surface area contributed by atoms with Crippen LogP contribution in [-0.4, -0.2) is 75.8 Å². The van der Waals surface area contributed by atoms with Gasteiger partial charge in [-0.15, -0.1) is 0 Å². The minimum absolute atomic E-state index is 0.0484. The minimum Gasteiger partial charge on any atom is -0.756 e. The third-order valence-electron chi connectivity index (χ3n) is 9.95. The van der Waals surface area contributed by atoms with Gasteiger partial charge < -0.3 is 27.9 Å². The van der Waals surface area contributed by atoms with E-state index in [9.17, 15) is 23.8 Å². The summed E-state index contributed by atoms with van der Waals surface area (Å²) in [6, 6.07) is 0. The van der Waals surface area contributed by atoms with E-state index in [0.717, 1.165) is 51.4 Å². The normalized spacial score (nSPS) is 13.6. The van der Waals surface area contributed by atoms with Crippen LogP contribution < -0.4 is 4.89 Å². The molecule has 0 heterocycles. The molecule has 0 aromatic rings. The highest BCUT2D eigenvalue weighted by atomic mass is 31.2. The molecule has 1 unspecified atom stereocenters. The number of unbranched alkanes of at least 4 members (excludes halogenated alkanes) is 23. The molecule has 10 nitrogen and oxygen atoms in total. The second kappa shape index (κ2) is 38.4. The van der Waals surface area contributed by atoms with Crippen LogP contribution >= 0.6 is 7.82 Å². The van der Waals surface area contributed by atoms with Crippen molar-refractivity contribution in [2.45, 2.75) is 206 Å². The zero-order valence-electron chi connectivity index (χ0n) is 37.3. The van der Waals surface area contributed by atoms with Gasteiger partial charge in [0.15, 0.2) is 11.9 Å². The average Bonchev–Trinajstić information content (AvgIpc) is 3.15. The predicted molar refractivity (Wildman–Crippen MR) is 232 cm³/mol.